The third-order valence-electron chi connectivity index (χ3n) is 4.70. The summed E-state index contributed by atoms with van der Waals surface area (Å²) in [5.41, 5.74) is 4.37. The molecular weight excluding hydrogens is 376 g/mol. The summed E-state index contributed by atoms with van der Waals surface area (Å²) in [7, 11) is 3.91. The fraction of sp³-hybridized carbons (Fsp3) is 0.238. The highest BCUT2D eigenvalue weighted by Gasteiger charge is 2.31. The maximum Gasteiger partial charge on any atom is 0.319 e. The van der Waals surface area contributed by atoms with Crippen molar-refractivity contribution in [2.45, 2.75) is 19.9 Å². The zero-order valence-corrected chi connectivity index (χ0v) is 17.0. The van der Waals surface area contributed by atoms with Crippen LogP contribution in [0.2, 0.25) is 5.02 Å². The van der Waals surface area contributed by atoms with Crippen LogP contribution in [0.15, 0.2) is 53.7 Å². The SMILES string of the molecule is CC1=C(C(=O)Nc2cc(Cl)ccc2C)C(c2ccc(N(C)C)cc2)NC(=O)N1. The zero-order valence-electron chi connectivity index (χ0n) is 16.3. The molecule has 3 amide bonds. The van der Waals surface area contributed by atoms with E-state index in [4.69, 9.17) is 11.6 Å². The fourth-order valence-electron chi connectivity index (χ4n) is 3.13. The maximum atomic E-state index is 13.1. The molecule has 0 saturated carbocycles. The molecule has 0 fully saturated rings. The van der Waals surface area contributed by atoms with Crippen molar-refractivity contribution in [3.63, 3.8) is 0 Å². The maximum absolute atomic E-state index is 13.1. The van der Waals surface area contributed by atoms with Crippen LogP contribution >= 0.6 is 11.6 Å². The molecule has 0 bridgehead atoms. The lowest BCUT2D eigenvalue weighted by Crippen LogP contribution is -2.46. The van der Waals surface area contributed by atoms with Gasteiger partial charge in [-0.15, -0.1) is 0 Å². The molecule has 6 nitrogen and oxygen atoms in total. The van der Waals surface area contributed by atoms with Crippen molar-refractivity contribution in [1.82, 2.24) is 10.6 Å². The molecule has 0 saturated heterocycles. The van der Waals surface area contributed by atoms with E-state index in [-0.39, 0.29) is 11.9 Å². The molecule has 28 heavy (non-hydrogen) atoms. The Morgan fingerprint density at radius 1 is 1.11 bits per heavy atom. The Balaban J connectivity index is 1.95. The Morgan fingerprint density at radius 3 is 2.43 bits per heavy atom. The third kappa shape index (κ3) is 4.12. The summed E-state index contributed by atoms with van der Waals surface area (Å²) < 4.78 is 0. The van der Waals surface area contributed by atoms with Gasteiger partial charge in [0, 0.05) is 36.2 Å². The summed E-state index contributed by atoms with van der Waals surface area (Å²) in [5, 5.41) is 8.99. The van der Waals surface area contributed by atoms with Crippen LogP contribution < -0.4 is 20.9 Å². The van der Waals surface area contributed by atoms with Gasteiger partial charge in [0.1, 0.15) is 0 Å². The first kappa shape index (κ1) is 19.8. The molecule has 3 N–H and O–H groups in total. The van der Waals surface area contributed by atoms with Crippen LogP contribution in [0.4, 0.5) is 16.2 Å². The van der Waals surface area contributed by atoms with Gasteiger partial charge in [-0.05, 0) is 49.2 Å². The minimum atomic E-state index is -0.551. The molecule has 1 heterocycles. The van der Waals surface area contributed by atoms with Gasteiger partial charge in [0.2, 0.25) is 0 Å². The molecule has 146 valence electrons. The molecule has 2 aromatic rings. The normalized spacial score (nSPS) is 16.3. The highest BCUT2D eigenvalue weighted by Crippen LogP contribution is 2.30. The number of carbonyl (C=O) groups excluding carboxylic acids is 2. The van der Waals surface area contributed by atoms with Crippen molar-refractivity contribution in [3.8, 4) is 0 Å². The van der Waals surface area contributed by atoms with Gasteiger partial charge in [-0.1, -0.05) is 29.8 Å². The second-order valence-electron chi connectivity index (χ2n) is 6.97. The number of nitrogens with one attached hydrogen (secondary N) is 3. The van der Waals surface area contributed by atoms with Crippen LogP contribution in [0.1, 0.15) is 24.1 Å². The van der Waals surface area contributed by atoms with Crippen molar-refractivity contribution in [3.05, 3.63) is 69.9 Å². The number of hydrogen-bond donors (Lipinski definition) is 3. The molecule has 1 atom stereocenters. The largest absolute Gasteiger partial charge is 0.378 e. The molecule has 7 heteroatoms. The fourth-order valence-corrected chi connectivity index (χ4v) is 3.30. The number of allylic oxidation sites excluding steroid dienone is 1. The van der Waals surface area contributed by atoms with Gasteiger partial charge in [0.25, 0.3) is 5.91 Å². The lowest BCUT2D eigenvalue weighted by atomic mass is 9.94. The summed E-state index contributed by atoms with van der Waals surface area (Å²) in [6, 6.07) is 12.2. The van der Waals surface area contributed by atoms with E-state index in [2.05, 4.69) is 16.0 Å². The quantitative estimate of drug-likeness (QED) is 0.729. The topological polar surface area (TPSA) is 73.5 Å². The second kappa shape index (κ2) is 7.94. The minimum Gasteiger partial charge on any atom is -0.378 e. The van der Waals surface area contributed by atoms with Crippen molar-refractivity contribution >= 4 is 34.9 Å². The van der Waals surface area contributed by atoms with Crippen molar-refractivity contribution in [2.75, 3.05) is 24.3 Å². The Labute approximate surface area is 169 Å². The van der Waals surface area contributed by atoms with E-state index >= 15 is 0 Å². The van der Waals surface area contributed by atoms with Crippen molar-refractivity contribution in [2.24, 2.45) is 0 Å². The molecule has 0 radical (unpaired) electrons. The molecule has 1 aliphatic rings. The van der Waals surface area contributed by atoms with Crippen LogP contribution in [-0.2, 0) is 4.79 Å². The summed E-state index contributed by atoms with van der Waals surface area (Å²) in [6.07, 6.45) is 0. The first-order valence-electron chi connectivity index (χ1n) is 8.89. The number of amides is 3. The molecule has 2 aromatic carbocycles. The van der Waals surface area contributed by atoms with E-state index in [1.54, 1.807) is 19.1 Å². The Morgan fingerprint density at radius 2 is 1.79 bits per heavy atom. The van der Waals surface area contributed by atoms with Gasteiger partial charge < -0.3 is 20.9 Å². The van der Waals surface area contributed by atoms with E-state index in [1.165, 1.54) is 0 Å². The molecule has 0 spiro atoms. The second-order valence-corrected chi connectivity index (χ2v) is 7.41. The van der Waals surface area contributed by atoms with Crippen molar-refractivity contribution < 1.29 is 9.59 Å². The average molecular weight is 399 g/mol. The molecule has 1 unspecified atom stereocenters. The lowest BCUT2D eigenvalue weighted by molar-refractivity contribution is -0.113. The van der Waals surface area contributed by atoms with Crippen LogP contribution in [0.25, 0.3) is 0 Å². The summed E-state index contributed by atoms with van der Waals surface area (Å²) in [6.45, 7) is 3.62. The van der Waals surface area contributed by atoms with Crippen LogP contribution in [-0.4, -0.2) is 26.0 Å². The lowest BCUT2D eigenvalue weighted by Gasteiger charge is -2.29. The predicted octanol–water partition coefficient (Wildman–Crippen LogP) is 3.98. The van der Waals surface area contributed by atoms with E-state index in [0.717, 1.165) is 16.8 Å². The molecule has 0 aromatic heterocycles. The van der Waals surface area contributed by atoms with Gasteiger partial charge in [-0.2, -0.15) is 0 Å². The number of halogens is 1. The van der Waals surface area contributed by atoms with Crippen LogP contribution in [0, 0.1) is 6.92 Å². The van der Waals surface area contributed by atoms with E-state index in [1.807, 2.05) is 56.3 Å². The van der Waals surface area contributed by atoms with Gasteiger partial charge in [-0.25, -0.2) is 4.79 Å². The monoisotopic (exact) mass is 398 g/mol. The molecule has 0 aliphatic carbocycles. The van der Waals surface area contributed by atoms with Crippen LogP contribution in [0.5, 0.6) is 0 Å². The molecule has 1 aliphatic heterocycles. The number of urea groups is 1. The zero-order chi connectivity index (χ0) is 20.4. The summed E-state index contributed by atoms with van der Waals surface area (Å²) in [4.78, 5) is 27.1. The van der Waals surface area contributed by atoms with Gasteiger partial charge in [0.15, 0.2) is 0 Å². The van der Waals surface area contributed by atoms with E-state index < -0.39 is 6.04 Å². The molecule has 3 rings (SSSR count). The predicted molar refractivity (Wildman–Crippen MR) is 113 cm³/mol. The number of benzene rings is 2. The van der Waals surface area contributed by atoms with E-state index in [0.29, 0.717) is 22.0 Å². The van der Waals surface area contributed by atoms with Gasteiger partial charge in [0.05, 0.1) is 11.6 Å². The third-order valence-corrected chi connectivity index (χ3v) is 4.94. The molecular formula is C21H23ClN4O2. The van der Waals surface area contributed by atoms with Gasteiger partial charge in [-0.3, -0.25) is 4.79 Å². The number of aryl methyl sites for hydroxylation is 1. The van der Waals surface area contributed by atoms with Crippen LogP contribution in [0.3, 0.4) is 0 Å². The minimum absolute atomic E-state index is 0.294. The highest BCUT2D eigenvalue weighted by molar-refractivity contribution is 6.31. The Kier molecular flexibility index (Phi) is 5.61. The highest BCUT2D eigenvalue weighted by atomic mass is 35.5. The number of hydrogen-bond acceptors (Lipinski definition) is 3. The summed E-state index contributed by atoms with van der Waals surface area (Å²) in [5.74, 6) is -0.294. The first-order valence-corrected chi connectivity index (χ1v) is 9.27. The van der Waals surface area contributed by atoms with Gasteiger partial charge >= 0.3 is 6.03 Å². The van der Waals surface area contributed by atoms with Crippen molar-refractivity contribution in [1.29, 1.82) is 0 Å². The standard InChI is InChI=1S/C21H23ClN4O2/c1-12-5-8-15(22)11-17(12)24-20(27)18-13(2)23-21(28)25-19(18)14-6-9-16(10-7-14)26(3)4/h5-11,19H,1-4H3,(H,24,27)(H2,23,25,28). The Bertz CT molecular complexity index is 951. The smallest absolute Gasteiger partial charge is 0.319 e. The number of anilines is 2. The average Bonchev–Trinajstić information content (AvgIpc) is 2.64. The number of nitrogens with zero attached hydrogens (tertiary/aromatic N) is 1. The summed E-state index contributed by atoms with van der Waals surface area (Å²) >= 11 is 6.06. The van der Waals surface area contributed by atoms with E-state index in [9.17, 15) is 9.59 Å². The number of carbonyl (C=O) groups is 2. The first-order chi connectivity index (χ1) is 13.3. The Hall–Kier alpha value is -2.99. The number of rotatable bonds is 4.